The largest absolute Gasteiger partial charge is 0.464 e. The Balaban J connectivity index is 2.24. The van der Waals surface area contributed by atoms with Crippen molar-refractivity contribution in [1.29, 1.82) is 0 Å². The molecule has 0 aliphatic carbocycles. The van der Waals surface area contributed by atoms with E-state index in [9.17, 15) is 17.6 Å². The van der Waals surface area contributed by atoms with Crippen LogP contribution < -0.4 is 4.31 Å². The molecule has 0 N–H and O–H groups in total. The summed E-state index contributed by atoms with van der Waals surface area (Å²) in [6.45, 7) is 7.25. The molecule has 0 radical (unpaired) electrons. The second-order valence-corrected chi connectivity index (χ2v) is 8.06. The zero-order valence-corrected chi connectivity index (χ0v) is 15.9. The second-order valence-electron chi connectivity index (χ2n) is 6.25. The Morgan fingerprint density at radius 1 is 1.26 bits per heavy atom. The smallest absolute Gasteiger partial charge is 0.330 e. The zero-order chi connectivity index (χ0) is 19.8. The number of fused-ring (bicyclic) bond motifs is 1. The second kappa shape index (κ2) is 7.15. The van der Waals surface area contributed by atoms with Crippen molar-refractivity contribution >= 4 is 21.7 Å². The molecule has 1 heterocycles. The Hall–Kier alpha value is -2.67. The molecular formula is C20H20FNO4S. The van der Waals surface area contributed by atoms with Crippen molar-refractivity contribution in [3.8, 4) is 0 Å². The molecule has 0 unspecified atom stereocenters. The molecule has 1 aliphatic rings. The molecule has 2 aromatic rings. The number of hydrogen-bond donors (Lipinski definition) is 0. The molecule has 5 nitrogen and oxygen atoms in total. The van der Waals surface area contributed by atoms with Gasteiger partial charge in [0.25, 0.3) is 10.0 Å². The summed E-state index contributed by atoms with van der Waals surface area (Å²) in [7, 11) is -4.20. The third-order valence-electron chi connectivity index (χ3n) is 4.55. The molecule has 2 aromatic carbocycles. The summed E-state index contributed by atoms with van der Waals surface area (Å²) in [5.41, 5.74) is 1.13. The Labute approximate surface area is 158 Å². The van der Waals surface area contributed by atoms with Crippen molar-refractivity contribution in [2.45, 2.75) is 30.7 Å². The number of esters is 1. The molecule has 7 heteroatoms. The van der Waals surface area contributed by atoms with Crippen molar-refractivity contribution in [2.24, 2.45) is 0 Å². The van der Waals surface area contributed by atoms with E-state index >= 15 is 0 Å². The molecular weight excluding hydrogens is 369 g/mol. The van der Waals surface area contributed by atoms with Crippen LogP contribution in [0, 0.1) is 12.7 Å². The number of anilines is 1. The minimum atomic E-state index is -4.20. The van der Waals surface area contributed by atoms with Crippen LogP contribution in [-0.2, 0) is 19.6 Å². The maximum Gasteiger partial charge on any atom is 0.330 e. The average Bonchev–Trinajstić information content (AvgIpc) is 2.99. The lowest BCUT2D eigenvalue weighted by molar-refractivity contribution is -0.144. The lowest BCUT2D eigenvalue weighted by atomic mass is 9.95. The third-order valence-corrected chi connectivity index (χ3v) is 6.35. The Morgan fingerprint density at radius 2 is 1.93 bits per heavy atom. The minimum absolute atomic E-state index is 0.0266. The molecule has 0 saturated carbocycles. The standard InChI is InChI=1S/C20H20FNO4S/c1-4-15-16-7-6-8-17(21)18(16)22(19(15)20(23)26-5-2)27(24,25)14-11-9-13(3)10-12-14/h4,6-12,15,19H,1,5H2,2-3H3/t15-,19-/m1/s1. The summed E-state index contributed by atoms with van der Waals surface area (Å²) in [4.78, 5) is 12.6. The Bertz CT molecular complexity index is 986. The maximum absolute atomic E-state index is 14.7. The molecule has 142 valence electrons. The highest BCUT2D eigenvalue weighted by atomic mass is 32.2. The first-order chi connectivity index (χ1) is 12.8. The van der Waals surface area contributed by atoms with E-state index in [1.54, 1.807) is 25.1 Å². The number of rotatable bonds is 5. The van der Waals surface area contributed by atoms with E-state index in [0.29, 0.717) is 5.56 Å². The van der Waals surface area contributed by atoms with Gasteiger partial charge in [-0.3, -0.25) is 0 Å². The number of nitrogens with zero attached hydrogens (tertiary/aromatic N) is 1. The van der Waals surface area contributed by atoms with Crippen molar-refractivity contribution in [3.05, 3.63) is 72.1 Å². The summed E-state index contributed by atoms with van der Waals surface area (Å²) in [6.07, 6.45) is 1.45. The van der Waals surface area contributed by atoms with Gasteiger partial charge in [-0.15, -0.1) is 6.58 Å². The van der Waals surface area contributed by atoms with Gasteiger partial charge in [-0.05, 0) is 37.6 Å². The summed E-state index contributed by atoms with van der Waals surface area (Å²) >= 11 is 0. The van der Waals surface area contributed by atoms with Crippen LogP contribution >= 0.6 is 0 Å². The monoisotopic (exact) mass is 389 g/mol. The van der Waals surface area contributed by atoms with Crippen LogP contribution in [0.5, 0.6) is 0 Å². The highest BCUT2D eigenvalue weighted by molar-refractivity contribution is 7.93. The van der Waals surface area contributed by atoms with Crippen LogP contribution in [-0.4, -0.2) is 27.0 Å². The van der Waals surface area contributed by atoms with Crippen LogP contribution in [0.15, 0.2) is 60.0 Å². The quantitative estimate of drug-likeness (QED) is 0.580. The van der Waals surface area contributed by atoms with E-state index in [0.717, 1.165) is 9.87 Å². The fraction of sp³-hybridized carbons (Fsp3) is 0.250. The van der Waals surface area contributed by atoms with E-state index in [4.69, 9.17) is 4.74 Å². The number of carbonyl (C=O) groups excluding carboxylic acids is 1. The molecule has 2 atom stereocenters. The number of hydrogen-bond acceptors (Lipinski definition) is 4. The average molecular weight is 389 g/mol. The number of sulfonamides is 1. The first-order valence-electron chi connectivity index (χ1n) is 8.51. The van der Waals surface area contributed by atoms with Gasteiger partial charge in [-0.1, -0.05) is 35.9 Å². The predicted octanol–water partition coefficient (Wildman–Crippen LogP) is 3.54. The fourth-order valence-corrected chi connectivity index (χ4v) is 4.96. The number of ether oxygens (including phenoxy) is 1. The van der Waals surface area contributed by atoms with Crippen LogP contribution in [0.2, 0.25) is 0 Å². The number of aryl methyl sites for hydroxylation is 1. The van der Waals surface area contributed by atoms with Gasteiger partial charge in [0.05, 0.1) is 17.2 Å². The molecule has 0 bridgehead atoms. The van der Waals surface area contributed by atoms with Gasteiger partial charge in [0.1, 0.15) is 5.82 Å². The molecule has 3 rings (SSSR count). The topological polar surface area (TPSA) is 63.7 Å². The zero-order valence-electron chi connectivity index (χ0n) is 15.1. The molecule has 0 saturated heterocycles. The predicted molar refractivity (Wildman–Crippen MR) is 101 cm³/mol. The maximum atomic E-state index is 14.7. The van der Waals surface area contributed by atoms with E-state index in [-0.39, 0.29) is 17.2 Å². The molecule has 27 heavy (non-hydrogen) atoms. The van der Waals surface area contributed by atoms with Crippen LogP contribution in [0.1, 0.15) is 24.0 Å². The SMILES string of the molecule is C=C[C@@H]1c2cccc(F)c2N(S(=O)(=O)c2ccc(C)cc2)[C@H]1C(=O)OCC. The first kappa shape index (κ1) is 19.1. The normalized spacial score (nSPS) is 18.9. The van der Waals surface area contributed by atoms with E-state index in [1.165, 1.54) is 30.3 Å². The van der Waals surface area contributed by atoms with Gasteiger partial charge in [-0.25, -0.2) is 21.9 Å². The van der Waals surface area contributed by atoms with E-state index in [2.05, 4.69) is 6.58 Å². The van der Waals surface area contributed by atoms with Gasteiger partial charge in [0.15, 0.2) is 6.04 Å². The summed E-state index contributed by atoms with van der Waals surface area (Å²) in [5.74, 6) is -2.18. The first-order valence-corrected chi connectivity index (χ1v) is 9.95. The highest BCUT2D eigenvalue weighted by Gasteiger charge is 2.49. The van der Waals surface area contributed by atoms with Crippen LogP contribution in [0.25, 0.3) is 0 Å². The Kier molecular flexibility index (Phi) is 5.06. The van der Waals surface area contributed by atoms with Gasteiger partial charge in [0, 0.05) is 5.92 Å². The molecule has 0 aromatic heterocycles. The van der Waals surface area contributed by atoms with Crippen LogP contribution in [0.3, 0.4) is 0 Å². The summed E-state index contributed by atoms with van der Waals surface area (Å²) < 4.78 is 47.3. The highest BCUT2D eigenvalue weighted by Crippen LogP contribution is 2.46. The number of carbonyl (C=O) groups is 1. The number of halogens is 1. The molecule has 0 fully saturated rings. The van der Waals surface area contributed by atoms with Crippen molar-refractivity contribution in [3.63, 3.8) is 0 Å². The van der Waals surface area contributed by atoms with Crippen molar-refractivity contribution in [2.75, 3.05) is 10.9 Å². The molecule has 0 spiro atoms. The number of benzene rings is 2. The van der Waals surface area contributed by atoms with Gasteiger partial charge >= 0.3 is 5.97 Å². The van der Waals surface area contributed by atoms with E-state index in [1.807, 2.05) is 6.92 Å². The van der Waals surface area contributed by atoms with Gasteiger partial charge in [-0.2, -0.15) is 0 Å². The fourth-order valence-electron chi connectivity index (χ4n) is 3.31. The lowest BCUT2D eigenvalue weighted by Gasteiger charge is -2.27. The Morgan fingerprint density at radius 3 is 2.52 bits per heavy atom. The molecule has 1 aliphatic heterocycles. The summed E-state index contributed by atoms with van der Waals surface area (Å²) in [5, 5.41) is 0. The van der Waals surface area contributed by atoms with E-state index < -0.39 is 33.8 Å². The van der Waals surface area contributed by atoms with Gasteiger partial charge < -0.3 is 4.74 Å². The summed E-state index contributed by atoms with van der Waals surface area (Å²) in [6, 6.07) is 9.18. The number of para-hydroxylation sites is 1. The van der Waals surface area contributed by atoms with Gasteiger partial charge in [0.2, 0.25) is 0 Å². The lowest BCUT2D eigenvalue weighted by Crippen LogP contribution is -2.45. The van der Waals surface area contributed by atoms with Crippen molar-refractivity contribution < 1.29 is 22.3 Å². The van der Waals surface area contributed by atoms with Crippen LogP contribution in [0.4, 0.5) is 10.1 Å². The minimum Gasteiger partial charge on any atom is -0.464 e. The molecule has 0 amide bonds. The third kappa shape index (κ3) is 3.12. The van der Waals surface area contributed by atoms with Crippen molar-refractivity contribution in [1.82, 2.24) is 0 Å².